The molecule has 0 bridgehead atoms. The Labute approximate surface area is 160 Å². The molecule has 1 heterocycles. The van der Waals surface area contributed by atoms with Crippen LogP contribution in [0, 0.1) is 5.82 Å². The van der Waals surface area contributed by atoms with Gasteiger partial charge >= 0.3 is 0 Å². The Bertz CT molecular complexity index is 1060. The van der Waals surface area contributed by atoms with Gasteiger partial charge in [0.15, 0.2) is 5.13 Å². The number of hydrogen-bond acceptors (Lipinski definition) is 3. The number of benzene rings is 3. The van der Waals surface area contributed by atoms with Gasteiger partial charge in [0.1, 0.15) is 5.82 Å². The monoisotopic (exact) mass is 374 g/mol. The van der Waals surface area contributed by atoms with Crippen LogP contribution in [0.3, 0.4) is 0 Å². The summed E-state index contributed by atoms with van der Waals surface area (Å²) in [6.07, 6.45) is 0. The minimum Gasteiger partial charge on any atom is -0.298 e. The SMILES string of the molecule is O=C(Nc1nc(-c2ccc(-c3ccccc3)cc2)cs1)c1ccc(F)cc1. The van der Waals surface area contributed by atoms with Crippen molar-refractivity contribution in [1.29, 1.82) is 0 Å². The van der Waals surface area contributed by atoms with Gasteiger partial charge in [0.2, 0.25) is 0 Å². The lowest BCUT2D eigenvalue weighted by Gasteiger charge is -2.03. The van der Waals surface area contributed by atoms with Crippen molar-refractivity contribution in [3.63, 3.8) is 0 Å². The molecule has 0 aliphatic heterocycles. The van der Waals surface area contributed by atoms with E-state index in [2.05, 4.69) is 34.6 Å². The number of aromatic nitrogens is 1. The summed E-state index contributed by atoms with van der Waals surface area (Å²) in [5.41, 5.74) is 4.47. The number of amides is 1. The van der Waals surface area contributed by atoms with Crippen LogP contribution in [0.25, 0.3) is 22.4 Å². The fourth-order valence-electron chi connectivity index (χ4n) is 2.70. The van der Waals surface area contributed by atoms with Gasteiger partial charge in [-0.2, -0.15) is 0 Å². The number of rotatable bonds is 4. The molecule has 27 heavy (non-hydrogen) atoms. The van der Waals surface area contributed by atoms with Crippen molar-refractivity contribution < 1.29 is 9.18 Å². The second-order valence-corrected chi connectivity index (χ2v) is 6.80. The molecule has 0 unspecified atom stereocenters. The molecule has 3 nitrogen and oxygen atoms in total. The molecule has 5 heteroatoms. The fraction of sp³-hybridized carbons (Fsp3) is 0. The van der Waals surface area contributed by atoms with Crippen molar-refractivity contribution in [1.82, 2.24) is 4.98 Å². The first-order valence-electron chi connectivity index (χ1n) is 8.37. The smallest absolute Gasteiger partial charge is 0.257 e. The number of carbonyl (C=O) groups is 1. The van der Waals surface area contributed by atoms with Gasteiger partial charge in [-0.3, -0.25) is 10.1 Å². The zero-order chi connectivity index (χ0) is 18.6. The number of nitrogens with one attached hydrogen (secondary N) is 1. The summed E-state index contributed by atoms with van der Waals surface area (Å²) < 4.78 is 13.0. The minimum atomic E-state index is -0.373. The topological polar surface area (TPSA) is 42.0 Å². The van der Waals surface area contributed by atoms with E-state index < -0.39 is 0 Å². The van der Waals surface area contributed by atoms with E-state index in [1.807, 2.05) is 35.7 Å². The zero-order valence-electron chi connectivity index (χ0n) is 14.2. The summed E-state index contributed by atoms with van der Waals surface area (Å²) >= 11 is 1.35. The van der Waals surface area contributed by atoms with Gasteiger partial charge in [-0.25, -0.2) is 9.37 Å². The highest BCUT2D eigenvalue weighted by atomic mass is 32.1. The van der Waals surface area contributed by atoms with Crippen molar-refractivity contribution in [2.24, 2.45) is 0 Å². The number of thiazole rings is 1. The largest absolute Gasteiger partial charge is 0.298 e. The van der Waals surface area contributed by atoms with Gasteiger partial charge in [0.25, 0.3) is 5.91 Å². The third-order valence-corrected chi connectivity index (χ3v) is 4.88. The number of halogens is 1. The molecule has 3 aromatic carbocycles. The summed E-state index contributed by atoms with van der Waals surface area (Å²) in [5, 5.41) is 5.16. The van der Waals surface area contributed by atoms with Gasteiger partial charge in [0, 0.05) is 16.5 Å². The van der Waals surface area contributed by atoms with Crippen LogP contribution in [-0.2, 0) is 0 Å². The second kappa shape index (κ2) is 7.51. The molecule has 132 valence electrons. The van der Waals surface area contributed by atoms with Crippen LogP contribution in [0.2, 0.25) is 0 Å². The third kappa shape index (κ3) is 3.93. The van der Waals surface area contributed by atoms with E-state index in [9.17, 15) is 9.18 Å². The van der Waals surface area contributed by atoms with E-state index >= 15 is 0 Å². The highest BCUT2D eigenvalue weighted by Crippen LogP contribution is 2.27. The number of carbonyl (C=O) groups excluding carboxylic acids is 1. The molecule has 1 aromatic heterocycles. The summed E-state index contributed by atoms with van der Waals surface area (Å²) in [5.74, 6) is -0.683. The highest BCUT2D eigenvalue weighted by molar-refractivity contribution is 7.14. The Balaban J connectivity index is 1.49. The minimum absolute atomic E-state index is 0.310. The van der Waals surface area contributed by atoms with Gasteiger partial charge in [-0.1, -0.05) is 54.6 Å². The van der Waals surface area contributed by atoms with E-state index in [1.54, 1.807) is 0 Å². The lowest BCUT2D eigenvalue weighted by atomic mass is 10.0. The Morgan fingerprint density at radius 1 is 0.815 bits per heavy atom. The highest BCUT2D eigenvalue weighted by Gasteiger charge is 2.10. The molecule has 0 saturated heterocycles. The molecule has 1 amide bonds. The van der Waals surface area contributed by atoms with Crippen molar-refractivity contribution in [2.75, 3.05) is 5.32 Å². The van der Waals surface area contributed by atoms with Crippen molar-refractivity contribution >= 4 is 22.4 Å². The van der Waals surface area contributed by atoms with E-state index in [1.165, 1.54) is 35.6 Å². The summed E-state index contributed by atoms with van der Waals surface area (Å²) in [6, 6.07) is 23.7. The van der Waals surface area contributed by atoms with Crippen molar-refractivity contribution in [2.45, 2.75) is 0 Å². The third-order valence-electron chi connectivity index (χ3n) is 4.12. The Hall–Kier alpha value is -3.31. The van der Waals surface area contributed by atoms with Gasteiger partial charge in [-0.05, 0) is 35.4 Å². The van der Waals surface area contributed by atoms with Crippen LogP contribution >= 0.6 is 11.3 Å². The lowest BCUT2D eigenvalue weighted by Crippen LogP contribution is -2.11. The number of hydrogen-bond donors (Lipinski definition) is 1. The molecular formula is C22H15FN2OS. The van der Waals surface area contributed by atoms with Gasteiger partial charge < -0.3 is 0 Å². The van der Waals surface area contributed by atoms with E-state index in [-0.39, 0.29) is 11.7 Å². The van der Waals surface area contributed by atoms with Gasteiger partial charge in [0.05, 0.1) is 5.69 Å². The van der Waals surface area contributed by atoms with E-state index in [0.717, 1.165) is 22.4 Å². The maximum atomic E-state index is 13.0. The lowest BCUT2D eigenvalue weighted by molar-refractivity contribution is 0.102. The van der Waals surface area contributed by atoms with Crippen molar-refractivity contribution in [3.05, 3.63) is 95.6 Å². The molecule has 0 saturated carbocycles. The Kier molecular flexibility index (Phi) is 4.77. The van der Waals surface area contributed by atoms with E-state index in [0.29, 0.717) is 10.7 Å². The zero-order valence-corrected chi connectivity index (χ0v) is 15.0. The average molecular weight is 374 g/mol. The molecule has 0 aliphatic carbocycles. The summed E-state index contributed by atoms with van der Waals surface area (Å²) in [7, 11) is 0. The predicted molar refractivity (Wildman–Crippen MR) is 107 cm³/mol. The predicted octanol–water partition coefficient (Wildman–Crippen LogP) is 5.87. The van der Waals surface area contributed by atoms with Crippen LogP contribution in [0.5, 0.6) is 0 Å². The number of anilines is 1. The van der Waals surface area contributed by atoms with Crippen LogP contribution in [0.1, 0.15) is 10.4 Å². The Morgan fingerprint density at radius 3 is 2.15 bits per heavy atom. The maximum Gasteiger partial charge on any atom is 0.257 e. The number of nitrogens with zero attached hydrogens (tertiary/aromatic N) is 1. The Morgan fingerprint density at radius 2 is 1.44 bits per heavy atom. The molecule has 1 N–H and O–H groups in total. The normalized spacial score (nSPS) is 10.6. The van der Waals surface area contributed by atoms with Crippen molar-refractivity contribution in [3.8, 4) is 22.4 Å². The van der Waals surface area contributed by atoms with Crippen LogP contribution in [0.4, 0.5) is 9.52 Å². The molecule has 0 aliphatic rings. The standard InChI is InChI=1S/C22H15FN2OS/c23-19-12-10-18(11-13-19)21(26)25-22-24-20(14-27-22)17-8-6-16(7-9-17)15-4-2-1-3-5-15/h1-14H,(H,24,25,26). The van der Waals surface area contributed by atoms with E-state index in [4.69, 9.17) is 0 Å². The molecule has 4 rings (SSSR count). The molecular weight excluding hydrogens is 359 g/mol. The molecule has 0 atom stereocenters. The quantitative estimate of drug-likeness (QED) is 0.485. The van der Waals surface area contributed by atoms with Crippen LogP contribution in [0.15, 0.2) is 84.2 Å². The summed E-state index contributed by atoms with van der Waals surface area (Å²) in [4.78, 5) is 16.7. The second-order valence-electron chi connectivity index (χ2n) is 5.94. The van der Waals surface area contributed by atoms with Crippen LogP contribution in [-0.4, -0.2) is 10.9 Å². The maximum absolute atomic E-state index is 13.0. The summed E-state index contributed by atoms with van der Waals surface area (Å²) in [6.45, 7) is 0. The molecule has 4 aromatic rings. The fourth-order valence-corrected chi connectivity index (χ4v) is 3.41. The average Bonchev–Trinajstić information content (AvgIpc) is 3.18. The molecule has 0 spiro atoms. The first kappa shape index (κ1) is 17.1. The first-order valence-corrected chi connectivity index (χ1v) is 9.25. The molecule has 0 radical (unpaired) electrons. The van der Waals surface area contributed by atoms with Gasteiger partial charge in [-0.15, -0.1) is 11.3 Å². The first-order chi connectivity index (χ1) is 13.2. The molecule has 0 fully saturated rings. The van der Waals surface area contributed by atoms with Crippen LogP contribution < -0.4 is 5.32 Å².